The second-order valence-electron chi connectivity index (χ2n) is 9.51. The molecule has 3 aromatic rings. The summed E-state index contributed by atoms with van der Waals surface area (Å²) in [4.78, 5) is 19.1. The first-order valence-electron chi connectivity index (χ1n) is 13.0. The van der Waals surface area contributed by atoms with Crippen LogP contribution in [-0.2, 0) is 16.1 Å². The van der Waals surface area contributed by atoms with E-state index < -0.39 is 0 Å². The molecular weight excluding hydrogens is 536 g/mol. The third-order valence-corrected chi connectivity index (χ3v) is 6.65. The Balaban J connectivity index is 1.61. The fraction of sp³-hybridized carbons (Fsp3) is 0.407. The second-order valence-corrected chi connectivity index (χ2v) is 9.89. The van der Waals surface area contributed by atoms with Crippen molar-refractivity contribution in [2.24, 2.45) is 0 Å². The lowest BCUT2D eigenvalue weighted by atomic mass is 10.1. The van der Waals surface area contributed by atoms with Crippen LogP contribution in [0.4, 0.5) is 17.3 Å². The van der Waals surface area contributed by atoms with Gasteiger partial charge in [0.05, 0.1) is 37.6 Å². The lowest BCUT2D eigenvalue weighted by Gasteiger charge is -2.26. The van der Waals surface area contributed by atoms with Gasteiger partial charge in [0.1, 0.15) is 0 Å². The van der Waals surface area contributed by atoms with E-state index in [1.165, 1.54) is 7.11 Å². The zero-order valence-corrected chi connectivity index (χ0v) is 23.6. The molecule has 0 spiro atoms. The second kappa shape index (κ2) is 13.5. The minimum atomic E-state index is -0.218. The number of hydrogen-bond acceptors (Lipinski definition) is 10. The van der Waals surface area contributed by atoms with Gasteiger partial charge in [0.2, 0.25) is 5.95 Å². The van der Waals surface area contributed by atoms with Crippen LogP contribution in [0.15, 0.2) is 30.3 Å². The molecule has 4 rings (SSSR count). The number of ether oxygens (including phenoxy) is 3. The Bertz CT molecular complexity index is 1340. The average molecular weight is 571 g/mol. The van der Waals surface area contributed by atoms with Gasteiger partial charge in [-0.15, -0.1) is 5.10 Å². The fourth-order valence-corrected chi connectivity index (χ4v) is 4.45. The Labute approximate surface area is 238 Å². The van der Waals surface area contributed by atoms with Gasteiger partial charge < -0.3 is 36.0 Å². The molecule has 0 saturated carbocycles. The molecule has 0 atom stereocenters. The molecule has 1 aliphatic rings. The van der Waals surface area contributed by atoms with Crippen molar-refractivity contribution >= 4 is 41.0 Å². The number of rotatable bonds is 12. The van der Waals surface area contributed by atoms with Crippen LogP contribution in [0.25, 0.3) is 11.4 Å². The summed E-state index contributed by atoms with van der Waals surface area (Å²) in [5, 5.41) is 18.8. The predicted molar refractivity (Wildman–Crippen MR) is 155 cm³/mol. The largest absolute Gasteiger partial charge is 0.493 e. The number of nitrogens with two attached hydrogens (primary N) is 1. The highest BCUT2D eigenvalue weighted by Crippen LogP contribution is 2.34. The molecule has 1 aromatic heterocycles. The van der Waals surface area contributed by atoms with Crippen molar-refractivity contribution in [2.45, 2.75) is 26.4 Å². The number of benzene rings is 2. The minimum absolute atomic E-state index is 0.0208. The number of methoxy groups -OCH3 is 1. The van der Waals surface area contributed by atoms with E-state index in [0.717, 1.165) is 25.8 Å². The molecule has 1 aliphatic heterocycles. The molecule has 1 fully saturated rings. The van der Waals surface area contributed by atoms with E-state index in [9.17, 15) is 4.79 Å². The number of halogens is 1. The van der Waals surface area contributed by atoms with E-state index in [2.05, 4.69) is 15.5 Å². The van der Waals surface area contributed by atoms with Gasteiger partial charge in [-0.3, -0.25) is 9.69 Å². The van der Waals surface area contributed by atoms with Crippen molar-refractivity contribution in [1.82, 2.24) is 25.0 Å². The van der Waals surface area contributed by atoms with Crippen LogP contribution in [0.2, 0.25) is 5.02 Å². The van der Waals surface area contributed by atoms with Crippen molar-refractivity contribution in [3.8, 4) is 22.9 Å². The van der Waals surface area contributed by atoms with Crippen LogP contribution >= 0.6 is 11.6 Å². The van der Waals surface area contributed by atoms with Gasteiger partial charge in [0, 0.05) is 48.7 Å². The van der Waals surface area contributed by atoms with E-state index in [4.69, 9.17) is 47.0 Å². The molecule has 2 heterocycles. The normalized spacial score (nSPS) is 13.7. The summed E-state index contributed by atoms with van der Waals surface area (Å²) in [5.74, 6) is 1.61. The van der Waals surface area contributed by atoms with Crippen LogP contribution in [0.3, 0.4) is 0 Å². The number of aromatic nitrogens is 3. The van der Waals surface area contributed by atoms with Gasteiger partial charge in [-0.05, 0) is 44.2 Å². The number of amides is 1. The van der Waals surface area contributed by atoms with Crippen molar-refractivity contribution in [1.29, 1.82) is 5.41 Å². The number of anilines is 3. The van der Waals surface area contributed by atoms with Crippen molar-refractivity contribution in [3.63, 3.8) is 0 Å². The molecule has 0 bridgehead atoms. The molecule has 0 aliphatic carbocycles. The molecule has 40 heavy (non-hydrogen) atoms. The Kier molecular flexibility index (Phi) is 9.80. The minimum Gasteiger partial charge on any atom is -0.493 e. The molecule has 1 saturated heterocycles. The number of hydrogen-bond donors (Lipinski definition) is 4. The summed E-state index contributed by atoms with van der Waals surface area (Å²) in [5.41, 5.74) is 8.07. The van der Waals surface area contributed by atoms with Crippen LogP contribution in [0.5, 0.6) is 11.5 Å². The summed E-state index contributed by atoms with van der Waals surface area (Å²) in [6.45, 7) is 8.09. The van der Waals surface area contributed by atoms with Crippen molar-refractivity contribution in [2.75, 3.05) is 57.6 Å². The average Bonchev–Trinajstić information content (AvgIpc) is 3.35. The highest BCUT2D eigenvalue weighted by molar-refractivity contribution is 6.36. The van der Waals surface area contributed by atoms with Gasteiger partial charge in [-0.25, -0.2) is 4.68 Å². The van der Waals surface area contributed by atoms with Gasteiger partial charge in [-0.1, -0.05) is 11.6 Å². The van der Waals surface area contributed by atoms with E-state index in [0.29, 0.717) is 70.6 Å². The number of carbonyl (C=O) groups excluding carboxylic acids is 1. The van der Waals surface area contributed by atoms with Crippen LogP contribution in [0, 0.1) is 5.41 Å². The zero-order valence-electron chi connectivity index (χ0n) is 22.9. The Morgan fingerprint density at radius 3 is 2.70 bits per heavy atom. The van der Waals surface area contributed by atoms with Gasteiger partial charge in [0.15, 0.2) is 23.9 Å². The lowest BCUT2D eigenvalue weighted by Crippen LogP contribution is -2.38. The number of nitrogens with zero attached hydrogens (tertiary/aromatic N) is 4. The third-order valence-electron chi connectivity index (χ3n) is 6.24. The summed E-state index contributed by atoms with van der Waals surface area (Å²) in [7, 11) is 1.53. The first kappa shape index (κ1) is 29.1. The highest BCUT2D eigenvalue weighted by Gasteiger charge is 2.19. The quantitative estimate of drug-likeness (QED) is 0.190. The molecule has 0 unspecified atom stereocenters. The van der Waals surface area contributed by atoms with Crippen LogP contribution in [0.1, 0.15) is 19.4 Å². The standard InChI is InChI=1S/C27H35ClN8O4/c1-17(2)31-24(37)16-40-22-7-4-18(14-23(22)38-3)26-33-27(32-21-6-5-20(30)19(15-29)25(21)28)36(34-26)9-8-35-10-12-39-13-11-35/h4-7,14-15,17,29H,8-13,16,30H2,1-3H3,(H,31,37)(H,32,33,34). The number of morpholine rings is 1. The van der Waals surface area contributed by atoms with E-state index >= 15 is 0 Å². The Morgan fingerprint density at radius 2 is 2.00 bits per heavy atom. The molecule has 5 N–H and O–H groups in total. The van der Waals surface area contributed by atoms with Crippen molar-refractivity contribution in [3.05, 3.63) is 40.9 Å². The number of nitrogen functional groups attached to an aromatic ring is 1. The molecule has 0 radical (unpaired) electrons. The Morgan fingerprint density at radius 1 is 1.23 bits per heavy atom. The topological polar surface area (TPSA) is 153 Å². The van der Waals surface area contributed by atoms with Crippen molar-refractivity contribution < 1.29 is 19.0 Å². The van der Waals surface area contributed by atoms with Gasteiger partial charge in [0.25, 0.3) is 5.91 Å². The van der Waals surface area contributed by atoms with Crippen LogP contribution < -0.4 is 25.8 Å². The first-order valence-corrected chi connectivity index (χ1v) is 13.4. The first-order chi connectivity index (χ1) is 19.3. The van der Waals surface area contributed by atoms with E-state index in [-0.39, 0.29) is 18.6 Å². The number of nitrogens with one attached hydrogen (secondary N) is 3. The van der Waals surface area contributed by atoms with Gasteiger partial charge in [-0.2, -0.15) is 4.98 Å². The smallest absolute Gasteiger partial charge is 0.258 e. The summed E-state index contributed by atoms with van der Waals surface area (Å²) >= 11 is 6.54. The summed E-state index contributed by atoms with van der Waals surface area (Å²) in [6, 6.07) is 8.76. The van der Waals surface area contributed by atoms with Crippen LogP contribution in [-0.4, -0.2) is 84.4 Å². The third kappa shape index (κ3) is 7.20. The molecular formula is C27H35ClN8O4. The molecule has 2 aromatic carbocycles. The maximum Gasteiger partial charge on any atom is 0.258 e. The fourth-order valence-electron chi connectivity index (χ4n) is 4.18. The molecule has 12 nitrogen and oxygen atoms in total. The monoisotopic (exact) mass is 570 g/mol. The van der Waals surface area contributed by atoms with E-state index in [1.54, 1.807) is 28.9 Å². The van der Waals surface area contributed by atoms with Gasteiger partial charge >= 0.3 is 0 Å². The van der Waals surface area contributed by atoms with E-state index in [1.807, 2.05) is 19.9 Å². The lowest BCUT2D eigenvalue weighted by molar-refractivity contribution is -0.123. The highest BCUT2D eigenvalue weighted by atomic mass is 35.5. The Hall–Kier alpha value is -3.87. The zero-order chi connectivity index (χ0) is 28.6. The molecule has 214 valence electrons. The maximum absolute atomic E-state index is 12.0. The molecule has 13 heteroatoms. The predicted octanol–water partition coefficient (Wildman–Crippen LogP) is 3.17. The summed E-state index contributed by atoms with van der Waals surface area (Å²) in [6.07, 6.45) is 1.12. The maximum atomic E-state index is 12.0. The molecule has 1 amide bonds. The number of carbonyl (C=O) groups is 1. The SMILES string of the molecule is COc1cc(-c2nc(Nc3ccc(N)c(C=N)c3Cl)n(CCN3CCOCC3)n2)ccc1OCC(=O)NC(C)C. The summed E-state index contributed by atoms with van der Waals surface area (Å²) < 4.78 is 18.5.